The van der Waals surface area contributed by atoms with E-state index in [1.54, 1.807) is 9.47 Å². The molecular formula is C24H35N4O2S+. The van der Waals surface area contributed by atoms with Crippen molar-refractivity contribution in [2.45, 2.75) is 70.4 Å². The molecule has 1 aliphatic carbocycles. The van der Waals surface area contributed by atoms with Crippen molar-refractivity contribution in [3.8, 4) is 0 Å². The van der Waals surface area contributed by atoms with Crippen LogP contribution in [0.2, 0.25) is 0 Å². The number of amides is 1. The Bertz CT molecular complexity index is 1000. The number of para-hydroxylation sites is 1. The van der Waals surface area contributed by atoms with Crippen LogP contribution in [0.1, 0.15) is 57.8 Å². The molecule has 2 fully saturated rings. The lowest BCUT2D eigenvalue weighted by atomic mass is 9.94. The lowest BCUT2D eigenvalue weighted by molar-refractivity contribution is -0.930. The van der Waals surface area contributed by atoms with Crippen LogP contribution in [-0.2, 0) is 11.3 Å². The van der Waals surface area contributed by atoms with E-state index in [0.717, 1.165) is 57.0 Å². The van der Waals surface area contributed by atoms with Gasteiger partial charge in [-0.15, -0.1) is 0 Å². The minimum absolute atomic E-state index is 0.0336. The van der Waals surface area contributed by atoms with Gasteiger partial charge in [0.2, 0.25) is 5.91 Å². The number of aromatic amines is 1. The smallest absolute Gasteiger partial charge is 0.262 e. The molecule has 0 unspecified atom stereocenters. The van der Waals surface area contributed by atoms with Crippen LogP contribution in [0.15, 0.2) is 29.1 Å². The number of nitrogens with zero attached hydrogens (tertiary/aromatic N) is 2. The van der Waals surface area contributed by atoms with Gasteiger partial charge in [0, 0.05) is 13.0 Å². The summed E-state index contributed by atoms with van der Waals surface area (Å²) in [5, 5.41) is 0.667. The van der Waals surface area contributed by atoms with Crippen LogP contribution in [0.5, 0.6) is 0 Å². The molecule has 1 saturated heterocycles. The van der Waals surface area contributed by atoms with E-state index in [9.17, 15) is 9.59 Å². The van der Waals surface area contributed by atoms with Crippen molar-refractivity contribution in [1.82, 2.24) is 14.5 Å². The molecular weight excluding hydrogens is 408 g/mol. The zero-order chi connectivity index (χ0) is 21.6. The Balaban J connectivity index is 1.19. The Morgan fingerprint density at radius 1 is 1.06 bits per heavy atom. The SMILES string of the molecule is O=C(CCCCCn1c(=S)[nH]c2ccccc2c1=O)N1CC[NH+](C2CCCCC2)CC1. The maximum atomic E-state index is 12.7. The number of rotatable bonds is 7. The van der Waals surface area contributed by atoms with E-state index in [2.05, 4.69) is 9.88 Å². The number of unbranched alkanes of at least 4 members (excludes halogenated alkanes) is 2. The van der Waals surface area contributed by atoms with Crippen molar-refractivity contribution in [3.05, 3.63) is 39.4 Å². The average molecular weight is 444 g/mol. The molecule has 2 N–H and O–H groups in total. The molecule has 2 aromatic rings. The minimum Gasteiger partial charge on any atom is -0.332 e. The fourth-order valence-electron chi connectivity index (χ4n) is 5.25. The molecule has 1 aliphatic heterocycles. The zero-order valence-corrected chi connectivity index (χ0v) is 19.2. The van der Waals surface area contributed by atoms with Crippen LogP contribution in [0.4, 0.5) is 0 Å². The number of hydrogen-bond donors (Lipinski definition) is 2. The number of fused-ring (bicyclic) bond motifs is 1. The van der Waals surface area contributed by atoms with Crippen molar-refractivity contribution in [2.75, 3.05) is 26.2 Å². The van der Waals surface area contributed by atoms with E-state index in [4.69, 9.17) is 12.2 Å². The molecule has 31 heavy (non-hydrogen) atoms. The number of carbonyl (C=O) groups is 1. The predicted octanol–water partition coefficient (Wildman–Crippen LogP) is 2.68. The lowest BCUT2D eigenvalue weighted by Gasteiger charge is -2.38. The second-order valence-electron chi connectivity index (χ2n) is 9.12. The normalized spacial score (nSPS) is 18.5. The maximum Gasteiger partial charge on any atom is 0.262 e. The fourth-order valence-corrected chi connectivity index (χ4v) is 5.53. The quantitative estimate of drug-likeness (QED) is 0.511. The highest BCUT2D eigenvalue weighted by molar-refractivity contribution is 7.71. The minimum atomic E-state index is -0.0336. The standard InChI is InChI=1S/C24H34N4O2S/c29-22(27-17-15-26(16-18-27)19-9-3-1-4-10-19)13-5-2-8-14-28-23(30)20-11-6-7-12-21(20)25-24(28)31/h6-7,11-12,19H,1-5,8-10,13-18H2,(H,25,31)/p+1. The summed E-state index contributed by atoms with van der Waals surface area (Å²) in [6.07, 6.45) is 10.2. The Kier molecular flexibility index (Phi) is 7.56. The van der Waals surface area contributed by atoms with Crippen molar-refractivity contribution >= 4 is 29.0 Å². The van der Waals surface area contributed by atoms with Crippen LogP contribution in [0.25, 0.3) is 10.9 Å². The third-order valence-electron chi connectivity index (χ3n) is 7.10. The van der Waals surface area contributed by atoms with Gasteiger partial charge in [0.15, 0.2) is 4.77 Å². The summed E-state index contributed by atoms with van der Waals surface area (Å²) in [6, 6.07) is 8.29. The number of nitrogens with one attached hydrogen (secondary N) is 2. The van der Waals surface area contributed by atoms with Gasteiger partial charge < -0.3 is 14.8 Å². The first kappa shape index (κ1) is 22.2. The molecule has 4 rings (SSSR count). The van der Waals surface area contributed by atoms with Gasteiger partial charge in [0.1, 0.15) is 0 Å². The van der Waals surface area contributed by atoms with Crippen LogP contribution in [-0.4, -0.2) is 52.6 Å². The van der Waals surface area contributed by atoms with Gasteiger partial charge in [-0.2, -0.15) is 0 Å². The van der Waals surface area contributed by atoms with Crippen molar-refractivity contribution in [3.63, 3.8) is 0 Å². The zero-order valence-electron chi connectivity index (χ0n) is 18.4. The number of quaternary nitrogens is 1. The number of H-pyrrole nitrogens is 1. The van der Waals surface area contributed by atoms with E-state index in [1.807, 2.05) is 24.3 Å². The Hall–Kier alpha value is -1.99. The lowest BCUT2D eigenvalue weighted by Crippen LogP contribution is -3.18. The Morgan fingerprint density at radius 2 is 1.81 bits per heavy atom. The summed E-state index contributed by atoms with van der Waals surface area (Å²) >= 11 is 5.37. The van der Waals surface area contributed by atoms with Crippen molar-refractivity contribution < 1.29 is 9.69 Å². The Morgan fingerprint density at radius 3 is 2.58 bits per heavy atom. The van der Waals surface area contributed by atoms with E-state index in [-0.39, 0.29) is 5.56 Å². The van der Waals surface area contributed by atoms with Crippen LogP contribution in [0.3, 0.4) is 0 Å². The number of benzene rings is 1. The van der Waals surface area contributed by atoms with E-state index in [1.165, 1.54) is 32.1 Å². The fraction of sp³-hybridized carbons (Fsp3) is 0.625. The predicted molar refractivity (Wildman–Crippen MR) is 126 cm³/mol. The third kappa shape index (κ3) is 5.44. The number of hydrogen-bond acceptors (Lipinski definition) is 3. The van der Waals surface area contributed by atoms with Gasteiger partial charge in [-0.05, 0) is 62.9 Å². The number of carbonyl (C=O) groups excluding carboxylic acids is 1. The molecule has 0 spiro atoms. The molecule has 1 amide bonds. The molecule has 7 heteroatoms. The number of aromatic nitrogens is 2. The second kappa shape index (κ2) is 10.6. The average Bonchev–Trinajstić information content (AvgIpc) is 2.81. The molecule has 2 aliphatic rings. The largest absolute Gasteiger partial charge is 0.332 e. The van der Waals surface area contributed by atoms with Gasteiger partial charge >= 0.3 is 0 Å². The van der Waals surface area contributed by atoms with Gasteiger partial charge in [-0.25, -0.2) is 0 Å². The highest BCUT2D eigenvalue weighted by Gasteiger charge is 2.29. The molecule has 1 aromatic carbocycles. The summed E-state index contributed by atoms with van der Waals surface area (Å²) in [5.74, 6) is 0.294. The molecule has 0 atom stereocenters. The topological polar surface area (TPSA) is 62.5 Å². The van der Waals surface area contributed by atoms with Crippen LogP contribution < -0.4 is 10.5 Å². The number of piperazine rings is 1. The molecule has 6 nitrogen and oxygen atoms in total. The molecule has 1 saturated carbocycles. The molecule has 1 aromatic heterocycles. The summed E-state index contributed by atoms with van der Waals surface area (Å²) in [4.78, 5) is 32.2. The molecule has 168 valence electrons. The molecule has 2 heterocycles. The summed E-state index contributed by atoms with van der Waals surface area (Å²) < 4.78 is 2.12. The molecule has 0 radical (unpaired) electrons. The first-order chi connectivity index (χ1) is 15.1. The first-order valence-corrected chi connectivity index (χ1v) is 12.4. The monoisotopic (exact) mass is 443 g/mol. The van der Waals surface area contributed by atoms with Gasteiger partial charge in [-0.1, -0.05) is 25.0 Å². The first-order valence-electron chi connectivity index (χ1n) is 12.0. The van der Waals surface area contributed by atoms with E-state index in [0.29, 0.717) is 29.0 Å². The maximum absolute atomic E-state index is 12.7. The molecule has 0 bridgehead atoms. The highest BCUT2D eigenvalue weighted by Crippen LogP contribution is 2.16. The summed E-state index contributed by atoms with van der Waals surface area (Å²) in [5.41, 5.74) is 0.749. The van der Waals surface area contributed by atoms with Crippen LogP contribution in [0, 0.1) is 4.77 Å². The van der Waals surface area contributed by atoms with Crippen LogP contribution >= 0.6 is 12.2 Å². The van der Waals surface area contributed by atoms with E-state index < -0.39 is 0 Å². The Labute approximate surface area is 189 Å². The van der Waals surface area contributed by atoms with Gasteiger partial charge in [0.25, 0.3) is 5.56 Å². The summed E-state index contributed by atoms with van der Waals surface area (Å²) in [7, 11) is 0. The van der Waals surface area contributed by atoms with Crippen molar-refractivity contribution in [2.24, 2.45) is 0 Å². The van der Waals surface area contributed by atoms with E-state index >= 15 is 0 Å². The second-order valence-corrected chi connectivity index (χ2v) is 9.50. The summed E-state index contributed by atoms with van der Waals surface area (Å²) in [6.45, 7) is 4.63. The third-order valence-corrected chi connectivity index (χ3v) is 7.43. The van der Waals surface area contributed by atoms with Gasteiger partial charge in [0.05, 0.1) is 43.1 Å². The van der Waals surface area contributed by atoms with Gasteiger partial charge in [-0.3, -0.25) is 14.2 Å². The highest BCUT2D eigenvalue weighted by atomic mass is 32.1. The van der Waals surface area contributed by atoms with Crippen molar-refractivity contribution in [1.29, 1.82) is 0 Å².